The maximum atomic E-state index is 5.51. The maximum absolute atomic E-state index is 5.51. The number of fused-ring (bicyclic) bond motifs is 1. The number of aromatic nitrogens is 2. The fourth-order valence-corrected chi connectivity index (χ4v) is 3.95. The summed E-state index contributed by atoms with van der Waals surface area (Å²) in [6.45, 7) is 2.02. The quantitative estimate of drug-likeness (QED) is 0.491. The normalized spacial score (nSPS) is 10.9. The third-order valence-electron chi connectivity index (χ3n) is 4.45. The highest BCUT2D eigenvalue weighted by atomic mass is 32.1. The molecule has 4 nitrogen and oxygen atoms in total. The van der Waals surface area contributed by atoms with Crippen LogP contribution in [0.4, 0.5) is 0 Å². The van der Waals surface area contributed by atoms with Gasteiger partial charge in [0.1, 0.15) is 0 Å². The average Bonchev–Trinajstić information content (AvgIpc) is 3.16. The number of benzene rings is 2. The molecule has 4 rings (SSSR count). The van der Waals surface area contributed by atoms with Crippen LogP contribution in [0.15, 0.2) is 55.0 Å². The molecule has 0 unspecified atom stereocenters. The predicted octanol–water partition coefficient (Wildman–Crippen LogP) is 5.35. The van der Waals surface area contributed by atoms with Gasteiger partial charge in [-0.2, -0.15) is 4.37 Å². The molecule has 0 saturated heterocycles. The maximum Gasteiger partial charge on any atom is 0.163 e. The van der Waals surface area contributed by atoms with E-state index in [9.17, 15) is 0 Å². The molecule has 0 bridgehead atoms. The number of ether oxygens (including phenoxy) is 2. The van der Waals surface area contributed by atoms with E-state index in [0.717, 1.165) is 44.0 Å². The third kappa shape index (κ3) is 2.80. The smallest absolute Gasteiger partial charge is 0.163 e. The molecule has 0 spiro atoms. The first kappa shape index (κ1) is 16.5. The molecule has 0 saturated carbocycles. The summed E-state index contributed by atoms with van der Waals surface area (Å²) < 4.78 is 15.4. The minimum atomic E-state index is 0.726. The Morgan fingerprint density at radius 3 is 2.58 bits per heavy atom. The number of methoxy groups -OCH3 is 2. The van der Waals surface area contributed by atoms with Gasteiger partial charge in [0.25, 0.3) is 0 Å². The fraction of sp³-hybridized carbons (Fsp3) is 0.143. The van der Waals surface area contributed by atoms with Gasteiger partial charge in [-0.3, -0.25) is 4.98 Å². The summed E-state index contributed by atoms with van der Waals surface area (Å²) in [6, 6.07) is 12.5. The predicted molar refractivity (Wildman–Crippen MR) is 106 cm³/mol. The number of hydrogen-bond acceptors (Lipinski definition) is 5. The lowest BCUT2D eigenvalue weighted by Crippen LogP contribution is -1.94. The Hall–Kier alpha value is -2.92. The summed E-state index contributed by atoms with van der Waals surface area (Å²) in [7, 11) is 3.32. The van der Waals surface area contributed by atoms with E-state index in [2.05, 4.69) is 33.6 Å². The van der Waals surface area contributed by atoms with Crippen LogP contribution in [0, 0.1) is 6.92 Å². The number of nitrogens with zero attached hydrogens (tertiary/aromatic N) is 2. The second-order valence-corrected chi connectivity index (χ2v) is 6.84. The van der Waals surface area contributed by atoms with Crippen LogP contribution >= 0.6 is 11.5 Å². The average molecular weight is 362 g/mol. The summed E-state index contributed by atoms with van der Waals surface area (Å²) in [4.78, 5) is 5.33. The summed E-state index contributed by atoms with van der Waals surface area (Å²) in [6.07, 6.45) is 5.62. The molecule has 130 valence electrons. The molecule has 0 radical (unpaired) electrons. The molecule has 2 aromatic heterocycles. The molecular formula is C21H18N2O2S. The van der Waals surface area contributed by atoms with Gasteiger partial charge in [-0.1, -0.05) is 12.1 Å². The topological polar surface area (TPSA) is 44.2 Å². The summed E-state index contributed by atoms with van der Waals surface area (Å²) in [5.74, 6) is 1.49. The van der Waals surface area contributed by atoms with E-state index in [1.54, 1.807) is 14.2 Å². The van der Waals surface area contributed by atoms with Crippen molar-refractivity contribution in [3.63, 3.8) is 0 Å². The Kier molecular flexibility index (Phi) is 4.31. The molecule has 2 heterocycles. The molecule has 0 aliphatic heterocycles. The molecule has 0 aliphatic carbocycles. The van der Waals surface area contributed by atoms with Crippen molar-refractivity contribution in [3.05, 3.63) is 60.6 Å². The lowest BCUT2D eigenvalue weighted by molar-refractivity contribution is 0.353. The van der Waals surface area contributed by atoms with Crippen molar-refractivity contribution in [3.8, 4) is 33.1 Å². The minimum Gasteiger partial charge on any atom is -0.493 e. The van der Waals surface area contributed by atoms with Gasteiger partial charge in [0.2, 0.25) is 0 Å². The van der Waals surface area contributed by atoms with Crippen LogP contribution in [0.25, 0.3) is 32.3 Å². The lowest BCUT2D eigenvalue weighted by atomic mass is 9.99. The summed E-state index contributed by atoms with van der Waals surface area (Å²) in [5.41, 5.74) is 4.34. The van der Waals surface area contributed by atoms with Crippen molar-refractivity contribution in [2.45, 2.75) is 6.92 Å². The second-order valence-electron chi connectivity index (χ2n) is 6.03. The standard InChI is InChI=1S/C21H18N2O2S/c1-13-8-16(10-19(24-2)20(13)25-3)21-18(12-23-26-21)15-5-4-14-6-7-22-11-17(14)9-15/h4-12H,1-3H3. The van der Waals surface area contributed by atoms with Gasteiger partial charge in [-0.15, -0.1) is 0 Å². The number of rotatable bonds is 4. The molecule has 0 atom stereocenters. The zero-order chi connectivity index (χ0) is 18.1. The molecule has 0 amide bonds. The minimum absolute atomic E-state index is 0.726. The van der Waals surface area contributed by atoms with Crippen LogP contribution in [0.2, 0.25) is 0 Å². The Balaban J connectivity index is 1.85. The molecule has 2 aromatic carbocycles. The van der Waals surface area contributed by atoms with E-state index in [-0.39, 0.29) is 0 Å². The fourth-order valence-electron chi connectivity index (χ4n) is 3.19. The van der Waals surface area contributed by atoms with Crippen molar-refractivity contribution < 1.29 is 9.47 Å². The van der Waals surface area contributed by atoms with Gasteiger partial charge in [-0.25, -0.2) is 0 Å². The Labute approximate surface area is 156 Å². The van der Waals surface area contributed by atoms with Crippen molar-refractivity contribution >= 4 is 22.3 Å². The van der Waals surface area contributed by atoms with E-state index < -0.39 is 0 Å². The highest BCUT2D eigenvalue weighted by molar-refractivity contribution is 7.10. The molecule has 5 heteroatoms. The van der Waals surface area contributed by atoms with Gasteiger partial charge < -0.3 is 9.47 Å². The van der Waals surface area contributed by atoms with Crippen LogP contribution in [0.3, 0.4) is 0 Å². The summed E-state index contributed by atoms with van der Waals surface area (Å²) >= 11 is 1.48. The second kappa shape index (κ2) is 6.77. The van der Waals surface area contributed by atoms with E-state index in [1.165, 1.54) is 16.9 Å². The lowest BCUT2D eigenvalue weighted by Gasteiger charge is -2.13. The first-order chi connectivity index (χ1) is 12.7. The van der Waals surface area contributed by atoms with Crippen molar-refractivity contribution in [2.75, 3.05) is 14.2 Å². The SMILES string of the molecule is COc1cc(-c2sncc2-c2ccc3ccncc3c2)cc(C)c1OC. The van der Waals surface area contributed by atoms with E-state index in [1.807, 2.05) is 37.6 Å². The highest BCUT2D eigenvalue weighted by Gasteiger charge is 2.16. The Morgan fingerprint density at radius 2 is 1.77 bits per heavy atom. The number of aryl methyl sites for hydroxylation is 1. The Bertz CT molecular complexity index is 1090. The zero-order valence-electron chi connectivity index (χ0n) is 14.8. The molecule has 0 aliphatic rings. The van der Waals surface area contributed by atoms with E-state index in [0.29, 0.717) is 0 Å². The van der Waals surface area contributed by atoms with Gasteiger partial charge in [0, 0.05) is 29.5 Å². The number of pyridine rings is 1. The van der Waals surface area contributed by atoms with Crippen molar-refractivity contribution in [1.82, 2.24) is 9.36 Å². The third-order valence-corrected chi connectivity index (χ3v) is 5.30. The molecule has 26 heavy (non-hydrogen) atoms. The first-order valence-electron chi connectivity index (χ1n) is 8.23. The number of hydrogen-bond donors (Lipinski definition) is 0. The van der Waals surface area contributed by atoms with E-state index >= 15 is 0 Å². The zero-order valence-corrected chi connectivity index (χ0v) is 15.6. The van der Waals surface area contributed by atoms with Crippen LogP contribution in [0.1, 0.15) is 5.56 Å². The monoisotopic (exact) mass is 362 g/mol. The van der Waals surface area contributed by atoms with Crippen LogP contribution < -0.4 is 9.47 Å². The van der Waals surface area contributed by atoms with Gasteiger partial charge >= 0.3 is 0 Å². The Morgan fingerprint density at radius 1 is 0.885 bits per heavy atom. The first-order valence-corrected chi connectivity index (χ1v) is 9.00. The highest BCUT2D eigenvalue weighted by Crippen LogP contribution is 2.41. The molecule has 4 aromatic rings. The van der Waals surface area contributed by atoms with Gasteiger partial charge in [0.05, 0.1) is 19.1 Å². The van der Waals surface area contributed by atoms with Crippen molar-refractivity contribution in [1.29, 1.82) is 0 Å². The van der Waals surface area contributed by atoms with Gasteiger partial charge in [-0.05, 0) is 64.8 Å². The van der Waals surface area contributed by atoms with Crippen LogP contribution in [0.5, 0.6) is 11.5 Å². The molecule has 0 fully saturated rings. The largest absolute Gasteiger partial charge is 0.493 e. The van der Waals surface area contributed by atoms with E-state index in [4.69, 9.17) is 9.47 Å². The van der Waals surface area contributed by atoms with Crippen LogP contribution in [-0.2, 0) is 0 Å². The van der Waals surface area contributed by atoms with Crippen LogP contribution in [-0.4, -0.2) is 23.6 Å². The molecular weight excluding hydrogens is 344 g/mol. The molecule has 0 N–H and O–H groups in total. The van der Waals surface area contributed by atoms with Crippen molar-refractivity contribution in [2.24, 2.45) is 0 Å². The summed E-state index contributed by atoms with van der Waals surface area (Å²) in [5, 5.41) is 2.29. The van der Waals surface area contributed by atoms with Gasteiger partial charge in [0.15, 0.2) is 11.5 Å².